The van der Waals surface area contributed by atoms with E-state index in [9.17, 15) is 29.7 Å². The number of nitrogens with zero attached hydrogens (tertiary/aromatic N) is 4. The molecule has 0 bridgehead atoms. The normalized spacial score (nSPS) is 9.10. The molecular formula is C39H45N4O6Ru. The van der Waals surface area contributed by atoms with Gasteiger partial charge in [-0.3, -0.25) is 34.3 Å². The van der Waals surface area contributed by atoms with Crippen LogP contribution in [0.2, 0.25) is 0 Å². The maximum Gasteiger partial charge on any atom is 3.00 e. The van der Waals surface area contributed by atoms with Crippen molar-refractivity contribution in [2.24, 2.45) is 0 Å². The summed E-state index contributed by atoms with van der Waals surface area (Å²) in [6.45, 7) is 21.0. The molecule has 0 atom stereocenters. The molecule has 10 nitrogen and oxygen atoms in total. The molecule has 1 radical (unpaired) electrons. The molecule has 50 heavy (non-hydrogen) atoms. The Morgan fingerprint density at radius 2 is 0.800 bits per heavy atom. The molecular weight excluding hydrogens is 722 g/mol. The van der Waals surface area contributed by atoms with Gasteiger partial charge in [0.15, 0.2) is 0 Å². The van der Waals surface area contributed by atoms with E-state index in [0.29, 0.717) is 0 Å². The van der Waals surface area contributed by atoms with Gasteiger partial charge in [0, 0.05) is 42.8 Å². The van der Waals surface area contributed by atoms with Gasteiger partial charge >= 0.3 is 19.5 Å². The molecule has 0 aliphatic heterocycles. The quantitative estimate of drug-likeness (QED) is 0.175. The Balaban J connectivity index is 0. The summed E-state index contributed by atoms with van der Waals surface area (Å²) in [5.41, 5.74) is 8.07. The Labute approximate surface area is 308 Å². The van der Waals surface area contributed by atoms with Crippen LogP contribution < -0.4 is 15.3 Å². The van der Waals surface area contributed by atoms with Crippen molar-refractivity contribution in [2.45, 2.75) is 67.7 Å². The molecule has 0 amide bonds. The number of Topliss-reactive ketones (excluding diaryl/α,β-unsaturated/α-hetero) is 3. The molecule has 265 valence electrons. The Hall–Kier alpha value is -5.15. The zero-order chi connectivity index (χ0) is 37.5. The second-order valence-electron chi connectivity index (χ2n) is 10.9. The number of aryl methyl sites for hydroxylation is 4. The van der Waals surface area contributed by atoms with Gasteiger partial charge in [-0.15, -0.1) is 37.0 Å². The molecule has 0 spiro atoms. The number of ketones is 3. The van der Waals surface area contributed by atoms with E-state index in [1.165, 1.54) is 20.8 Å². The van der Waals surface area contributed by atoms with Gasteiger partial charge in [-0.05, 0) is 48.5 Å². The number of hydrogen-bond acceptors (Lipinski definition) is 10. The van der Waals surface area contributed by atoms with Crippen LogP contribution in [0.15, 0.2) is 110 Å². The number of rotatable bonds is 8. The van der Waals surface area contributed by atoms with Crippen LogP contribution in [0, 0.1) is 27.7 Å². The van der Waals surface area contributed by atoms with Crippen LogP contribution in [0.4, 0.5) is 0 Å². The molecule has 11 heteroatoms. The molecule has 0 aliphatic carbocycles. The summed E-state index contributed by atoms with van der Waals surface area (Å²) < 4.78 is 0. The monoisotopic (exact) mass is 767 g/mol. The van der Waals surface area contributed by atoms with Gasteiger partial charge in [0.05, 0.1) is 34.2 Å². The van der Waals surface area contributed by atoms with Crippen molar-refractivity contribution in [3.8, 4) is 22.5 Å². The molecule has 0 unspecified atom stereocenters. The summed E-state index contributed by atoms with van der Waals surface area (Å²) in [6, 6.07) is 20.2. The SMILES string of the molecule is C=C([O-])CC(C)=O.C=C([O-])CC(C)=O.C=C([O-])CC(C)=O.Cc1cnc(-c2ccccc2)c(C)n1.Cc1cnc(-c2ccccc2)c(C)n1.[Ru+3]. The van der Waals surface area contributed by atoms with Crippen LogP contribution in [0.5, 0.6) is 0 Å². The van der Waals surface area contributed by atoms with Gasteiger partial charge in [-0.2, -0.15) is 0 Å². The van der Waals surface area contributed by atoms with E-state index >= 15 is 0 Å². The van der Waals surface area contributed by atoms with Gasteiger partial charge in [-0.1, -0.05) is 60.7 Å². The molecule has 0 aliphatic rings. The number of allylic oxidation sites excluding steroid dienone is 3. The average Bonchev–Trinajstić information content (AvgIpc) is 2.97. The van der Waals surface area contributed by atoms with Gasteiger partial charge in [-0.25, -0.2) is 0 Å². The third-order valence-electron chi connectivity index (χ3n) is 5.57. The minimum absolute atomic E-state index is 0. The van der Waals surface area contributed by atoms with Crippen LogP contribution in [0.25, 0.3) is 22.5 Å². The zero-order valence-electron chi connectivity index (χ0n) is 29.8. The second kappa shape index (κ2) is 25.8. The van der Waals surface area contributed by atoms with Crippen molar-refractivity contribution in [2.75, 3.05) is 0 Å². The maximum atomic E-state index is 9.99. The van der Waals surface area contributed by atoms with E-state index in [4.69, 9.17) is 0 Å². The molecule has 0 fully saturated rings. The topological polar surface area (TPSA) is 172 Å². The minimum atomic E-state index is -0.312. The van der Waals surface area contributed by atoms with Crippen LogP contribution in [0.1, 0.15) is 62.8 Å². The van der Waals surface area contributed by atoms with Crippen molar-refractivity contribution < 1.29 is 49.2 Å². The molecule has 2 aromatic heterocycles. The van der Waals surface area contributed by atoms with E-state index in [0.717, 1.165) is 45.3 Å². The predicted octanol–water partition coefficient (Wildman–Crippen LogP) is 5.04. The van der Waals surface area contributed by atoms with Crippen molar-refractivity contribution in [3.63, 3.8) is 0 Å². The smallest absolute Gasteiger partial charge is 0.876 e. The zero-order valence-corrected chi connectivity index (χ0v) is 31.5. The van der Waals surface area contributed by atoms with Crippen molar-refractivity contribution in [3.05, 3.63) is 133 Å². The minimum Gasteiger partial charge on any atom is -0.876 e. The van der Waals surface area contributed by atoms with Gasteiger partial charge in [0.2, 0.25) is 0 Å². The van der Waals surface area contributed by atoms with E-state index in [2.05, 4.69) is 39.7 Å². The van der Waals surface area contributed by atoms with Gasteiger partial charge < -0.3 is 15.3 Å². The first-order valence-electron chi connectivity index (χ1n) is 15.2. The summed E-state index contributed by atoms with van der Waals surface area (Å²) in [5.74, 6) is -1.31. The summed E-state index contributed by atoms with van der Waals surface area (Å²) in [6.07, 6.45) is 3.52. The standard InChI is InChI=1S/2C12H12N2.3C5H8O2.Ru/c2*1-9-8-13-12(10(2)14-9)11-6-4-3-5-7-11;3*1-4(6)3-5(2)7;/h2*3-8H,1-2H3;3*6H,1,3H2,2H3;/q;;;;;+3/p-3. The van der Waals surface area contributed by atoms with Crippen LogP contribution in [-0.2, 0) is 33.9 Å². The fourth-order valence-electron chi connectivity index (χ4n) is 3.79. The van der Waals surface area contributed by atoms with Gasteiger partial charge in [0.25, 0.3) is 0 Å². The number of benzene rings is 2. The molecule has 0 saturated heterocycles. The van der Waals surface area contributed by atoms with Gasteiger partial charge in [0.1, 0.15) is 17.3 Å². The Kier molecular flexibility index (Phi) is 24.3. The number of carbonyl (C=O) groups is 3. The third kappa shape index (κ3) is 23.2. The Morgan fingerprint density at radius 1 is 0.540 bits per heavy atom. The third-order valence-corrected chi connectivity index (χ3v) is 5.57. The van der Waals surface area contributed by atoms with E-state index in [-0.39, 0.29) is 73.4 Å². The molecule has 0 saturated carbocycles. The van der Waals surface area contributed by atoms with Crippen molar-refractivity contribution in [1.82, 2.24) is 19.9 Å². The first-order valence-corrected chi connectivity index (χ1v) is 15.2. The second-order valence-corrected chi connectivity index (χ2v) is 10.9. The summed E-state index contributed by atoms with van der Waals surface area (Å²) >= 11 is 0. The van der Waals surface area contributed by atoms with Crippen LogP contribution >= 0.6 is 0 Å². The summed E-state index contributed by atoms with van der Waals surface area (Å²) in [4.78, 5) is 47.5. The fraction of sp³-hybridized carbons (Fsp3) is 0.256. The summed E-state index contributed by atoms with van der Waals surface area (Å²) in [7, 11) is 0. The molecule has 4 rings (SSSR count). The first kappa shape index (κ1) is 47.0. The average molecular weight is 767 g/mol. The summed E-state index contributed by atoms with van der Waals surface area (Å²) in [5, 5.41) is 29.8. The van der Waals surface area contributed by atoms with E-state index in [1.807, 2.05) is 88.4 Å². The largest absolute Gasteiger partial charge is 3.00 e. The molecule has 0 N–H and O–H groups in total. The number of carbonyl (C=O) groups excluding carboxylic acids is 3. The Morgan fingerprint density at radius 3 is 0.980 bits per heavy atom. The van der Waals surface area contributed by atoms with Crippen molar-refractivity contribution in [1.29, 1.82) is 0 Å². The van der Waals surface area contributed by atoms with Crippen LogP contribution in [-0.4, -0.2) is 37.3 Å². The Bertz CT molecular complexity index is 1510. The molecule has 2 aromatic carbocycles. The molecule has 4 aromatic rings. The number of aromatic nitrogens is 4. The fourth-order valence-corrected chi connectivity index (χ4v) is 3.79. The molecule has 2 heterocycles. The predicted molar refractivity (Wildman–Crippen MR) is 187 cm³/mol. The van der Waals surface area contributed by atoms with Crippen molar-refractivity contribution >= 4 is 17.3 Å². The maximum absolute atomic E-state index is 9.99. The first-order chi connectivity index (χ1) is 22.9. The number of hydrogen-bond donors (Lipinski definition) is 0. The van der Waals surface area contributed by atoms with E-state index in [1.54, 1.807) is 12.4 Å². The van der Waals surface area contributed by atoms with Crippen LogP contribution in [0.3, 0.4) is 0 Å². The van der Waals surface area contributed by atoms with E-state index < -0.39 is 0 Å².